The maximum absolute atomic E-state index is 12.0. The molecule has 3 heteroatoms. The molecule has 92 valence electrons. The van der Waals surface area contributed by atoms with Crippen LogP contribution in [-0.4, -0.2) is 29.4 Å². The predicted octanol–water partition coefficient (Wildman–Crippen LogP) is 1.76. The molecule has 1 aliphatic carbocycles. The van der Waals surface area contributed by atoms with Crippen molar-refractivity contribution in [2.45, 2.75) is 58.0 Å². The fourth-order valence-electron chi connectivity index (χ4n) is 3.45. The number of carbonyl (C=O) groups is 1. The Balaban J connectivity index is 2.02. The molecule has 2 aliphatic rings. The third kappa shape index (κ3) is 2.40. The van der Waals surface area contributed by atoms with E-state index in [2.05, 4.69) is 18.7 Å². The Morgan fingerprint density at radius 2 is 1.81 bits per heavy atom. The van der Waals surface area contributed by atoms with Crippen molar-refractivity contribution in [2.24, 2.45) is 17.6 Å². The lowest BCUT2D eigenvalue weighted by Gasteiger charge is -2.42. The summed E-state index contributed by atoms with van der Waals surface area (Å²) in [6.07, 6.45) is 5.59. The third-order valence-electron chi connectivity index (χ3n) is 4.11. The first-order chi connectivity index (χ1) is 7.58. The Bertz CT molecular complexity index is 257. The largest absolute Gasteiger partial charge is 0.338 e. The first kappa shape index (κ1) is 11.9. The lowest BCUT2D eigenvalue weighted by atomic mass is 9.79. The van der Waals surface area contributed by atoms with Crippen molar-refractivity contribution in [3.8, 4) is 0 Å². The summed E-state index contributed by atoms with van der Waals surface area (Å²) < 4.78 is 0. The fourth-order valence-corrected chi connectivity index (χ4v) is 3.45. The van der Waals surface area contributed by atoms with Crippen LogP contribution in [0.25, 0.3) is 0 Å². The Hall–Kier alpha value is -0.570. The fraction of sp³-hybridized carbons (Fsp3) is 0.923. The highest BCUT2D eigenvalue weighted by atomic mass is 16.2. The number of nitrogens with zero attached hydrogens (tertiary/aromatic N) is 1. The van der Waals surface area contributed by atoms with Crippen molar-refractivity contribution in [3.63, 3.8) is 0 Å². The van der Waals surface area contributed by atoms with Crippen molar-refractivity contribution in [2.75, 3.05) is 6.54 Å². The van der Waals surface area contributed by atoms with E-state index >= 15 is 0 Å². The maximum atomic E-state index is 12.0. The zero-order valence-corrected chi connectivity index (χ0v) is 10.5. The van der Waals surface area contributed by atoms with E-state index in [1.807, 2.05) is 0 Å². The second-order valence-corrected chi connectivity index (χ2v) is 5.85. The van der Waals surface area contributed by atoms with Crippen LogP contribution in [0.4, 0.5) is 0 Å². The molecule has 1 heterocycles. The van der Waals surface area contributed by atoms with Gasteiger partial charge >= 0.3 is 0 Å². The van der Waals surface area contributed by atoms with Gasteiger partial charge in [0.25, 0.3) is 0 Å². The molecule has 0 radical (unpaired) electrons. The highest BCUT2D eigenvalue weighted by molar-refractivity contribution is 5.82. The van der Waals surface area contributed by atoms with Gasteiger partial charge in [-0.3, -0.25) is 4.79 Å². The normalized spacial score (nSPS) is 41.2. The highest BCUT2D eigenvalue weighted by Gasteiger charge is 2.34. The second-order valence-electron chi connectivity index (χ2n) is 5.85. The summed E-state index contributed by atoms with van der Waals surface area (Å²) in [5.74, 6) is 1.69. The molecule has 0 aromatic carbocycles. The molecule has 0 spiro atoms. The first-order valence-electron chi connectivity index (χ1n) is 6.64. The maximum Gasteiger partial charge on any atom is 0.239 e. The monoisotopic (exact) mass is 224 g/mol. The van der Waals surface area contributed by atoms with E-state index in [0.717, 1.165) is 31.2 Å². The highest BCUT2D eigenvalue weighted by Crippen LogP contribution is 2.32. The van der Waals surface area contributed by atoms with Crippen LogP contribution in [-0.2, 0) is 4.79 Å². The van der Waals surface area contributed by atoms with Gasteiger partial charge in [-0.25, -0.2) is 0 Å². The van der Waals surface area contributed by atoms with Gasteiger partial charge in [-0.1, -0.05) is 13.8 Å². The number of carbonyl (C=O) groups excluding carboxylic acids is 1. The molecule has 2 fully saturated rings. The van der Waals surface area contributed by atoms with E-state index in [1.54, 1.807) is 0 Å². The molecule has 0 bridgehead atoms. The number of amides is 1. The summed E-state index contributed by atoms with van der Waals surface area (Å²) in [6.45, 7) is 5.53. The van der Waals surface area contributed by atoms with Crippen LogP contribution in [0.3, 0.4) is 0 Å². The first-order valence-corrected chi connectivity index (χ1v) is 6.64. The average Bonchev–Trinajstić information content (AvgIpc) is 2.20. The molecule has 1 saturated carbocycles. The van der Waals surface area contributed by atoms with E-state index in [4.69, 9.17) is 5.73 Å². The van der Waals surface area contributed by atoms with Gasteiger partial charge in [0.2, 0.25) is 5.91 Å². The van der Waals surface area contributed by atoms with Crippen LogP contribution in [0.5, 0.6) is 0 Å². The van der Waals surface area contributed by atoms with Crippen LogP contribution in [0.15, 0.2) is 0 Å². The van der Waals surface area contributed by atoms with Gasteiger partial charge in [-0.2, -0.15) is 0 Å². The van der Waals surface area contributed by atoms with Crippen LogP contribution < -0.4 is 5.73 Å². The number of piperidine rings is 1. The molecule has 1 saturated heterocycles. The number of hydrogen-bond acceptors (Lipinski definition) is 2. The summed E-state index contributed by atoms with van der Waals surface area (Å²) >= 11 is 0. The van der Waals surface area contributed by atoms with Gasteiger partial charge in [-0.15, -0.1) is 0 Å². The summed E-state index contributed by atoms with van der Waals surface area (Å²) in [6, 6.07) is 0.221. The van der Waals surface area contributed by atoms with Crippen LogP contribution in [0.1, 0.15) is 46.0 Å². The minimum Gasteiger partial charge on any atom is -0.338 e. The Labute approximate surface area is 98.4 Å². The third-order valence-corrected chi connectivity index (χ3v) is 4.11. The molecular weight excluding hydrogens is 200 g/mol. The summed E-state index contributed by atoms with van der Waals surface area (Å²) in [4.78, 5) is 14.1. The Morgan fingerprint density at radius 3 is 2.44 bits per heavy atom. The van der Waals surface area contributed by atoms with Crippen molar-refractivity contribution in [1.29, 1.82) is 0 Å². The zero-order valence-electron chi connectivity index (χ0n) is 10.5. The Morgan fingerprint density at radius 1 is 1.19 bits per heavy atom. The molecule has 3 unspecified atom stereocenters. The molecule has 2 N–H and O–H groups in total. The van der Waals surface area contributed by atoms with Crippen LogP contribution >= 0.6 is 0 Å². The molecule has 2 rings (SSSR count). The van der Waals surface area contributed by atoms with E-state index < -0.39 is 0 Å². The molecule has 3 nitrogen and oxygen atoms in total. The zero-order chi connectivity index (χ0) is 11.7. The smallest absolute Gasteiger partial charge is 0.239 e. The van der Waals surface area contributed by atoms with Crippen molar-refractivity contribution < 1.29 is 4.79 Å². The predicted molar refractivity (Wildman–Crippen MR) is 64.9 cm³/mol. The molecule has 0 aromatic rings. The number of likely N-dealkylation sites (tertiary alicyclic amines) is 1. The van der Waals surface area contributed by atoms with E-state index in [9.17, 15) is 4.79 Å². The number of nitrogens with two attached hydrogens (primary N) is 1. The summed E-state index contributed by atoms with van der Waals surface area (Å²) in [5, 5.41) is 0. The van der Waals surface area contributed by atoms with Gasteiger partial charge in [0.15, 0.2) is 0 Å². The molecule has 16 heavy (non-hydrogen) atoms. The number of rotatable bonds is 1. The molecule has 0 aromatic heterocycles. The second kappa shape index (κ2) is 4.74. The van der Waals surface area contributed by atoms with Gasteiger partial charge in [0, 0.05) is 12.6 Å². The lowest BCUT2D eigenvalue weighted by Crippen LogP contribution is -2.54. The van der Waals surface area contributed by atoms with Crippen LogP contribution in [0, 0.1) is 11.8 Å². The minimum atomic E-state index is -0.235. The lowest BCUT2D eigenvalue weighted by molar-refractivity contribution is -0.138. The topological polar surface area (TPSA) is 46.3 Å². The van der Waals surface area contributed by atoms with E-state index in [0.29, 0.717) is 6.04 Å². The number of hydrogen-bond donors (Lipinski definition) is 1. The summed E-state index contributed by atoms with van der Waals surface area (Å²) in [5.41, 5.74) is 5.85. The minimum absolute atomic E-state index is 0.192. The standard InChI is InChI=1S/C13H24N2O/c1-9-6-10(2)8-11(7-9)15-5-3-4-12(14)13(15)16/h9-12H,3-8,14H2,1-2H3. The van der Waals surface area contributed by atoms with Crippen molar-refractivity contribution >= 4 is 5.91 Å². The van der Waals surface area contributed by atoms with Crippen molar-refractivity contribution in [3.05, 3.63) is 0 Å². The van der Waals surface area contributed by atoms with Gasteiger partial charge in [0.05, 0.1) is 6.04 Å². The van der Waals surface area contributed by atoms with E-state index in [-0.39, 0.29) is 11.9 Å². The van der Waals surface area contributed by atoms with Crippen molar-refractivity contribution in [1.82, 2.24) is 4.90 Å². The summed E-state index contributed by atoms with van der Waals surface area (Å²) in [7, 11) is 0. The Kier molecular flexibility index (Phi) is 3.53. The van der Waals surface area contributed by atoms with Crippen LogP contribution in [0.2, 0.25) is 0 Å². The molecule has 1 amide bonds. The van der Waals surface area contributed by atoms with E-state index in [1.165, 1.54) is 19.3 Å². The van der Waals surface area contributed by atoms with Gasteiger partial charge < -0.3 is 10.6 Å². The quantitative estimate of drug-likeness (QED) is 0.737. The molecule has 1 aliphatic heterocycles. The van der Waals surface area contributed by atoms with Gasteiger partial charge in [0.1, 0.15) is 0 Å². The molecular formula is C13H24N2O. The average molecular weight is 224 g/mol. The SMILES string of the molecule is CC1CC(C)CC(N2CCCC(N)C2=O)C1. The van der Waals surface area contributed by atoms with Gasteiger partial charge in [-0.05, 0) is 43.9 Å². The molecule has 3 atom stereocenters.